The summed E-state index contributed by atoms with van der Waals surface area (Å²) in [5.41, 5.74) is 0.733. The van der Waals surface area contributed by atoms with Gasteiger partial charge in [-0.1, -0.05) is 0 Å². The molecule has 0 aliphatic carbocycles. The smallest absolute Gasteiger partial charge is 0.357 e. The Morgan fingerprint density at radius 3 is 2.75 bits per heavy atom. The molecule has 1 aliphatic heterocycles. The van der Waals surface area contributed by atoms with E-state index >= 15 is 0 Å². The van der Waals surface area contributed by atoms with E-state index in [4.69, 9.17) is 9.47 Å². The van der Waals surface area contributed by atoms with E-state index in [1.165, 1.54) is 12.1 Å². The molecule has 150 valence electrons. The first-order chi connectivity index (χ1) is 13.4. The number of hydrogen-bond donors (Lipinski definition) is 0. The maximum absolute atomic E-state index is 14.4. The van der Waals surface area contributed by atoms with Crippen LogP contribution in [0.4, 0.5) is 17.6 Å². The van der Waals surface area contributed by atoms with Gasteiger partial charge in [-0.25, -0.2) is 18.6 Å². The van der Waals surface area contributed by atoms with Crippen molar-refractivity contribution in [3.05, 3.63) is 47.2 Å². The van der Waals surface area contributed by atoms with Gasteiger partial charge in [-0.05, 0) is 43.5 Å². The first-order valence-corrected chi connectivity index (χ1v) is 8.62. The van der Waals surface area contributed by atoms with E-state index in [9.17, 15) is 22.4 Å². The molecule has 9 heteroatoms. The summed E-state index contributed by atoms with van der Waals surface area (Å²) in [5, 5.41) is 0. The molecule has 0 N–H and O–H groups in total. The second-order valence-corrected chi connectivity index (χ2v) is 6.06. The molecule has 2 heterocycles. The summed E-state index contributed by atoms with van der Waals surface area (Å²) in [4.78, 5) is 16.2. The number of nitrogens with zero attached hydrogens (tertiary/aromatic N) is 1. The Labute approximate surface area is 158 Å². The lowest BCUT2D eigenvalue weighted by Gasteiger charge is -2.27. The number of esters is 1. The minimum absolute atomic E-state index is 0.0124. The van der Waals surface area contributed by atoms with Gasteiger partial charge in [0.25, 0.3) is 0 Å². The second kappa shape index (κ2) is 8.55. The van der Waals surface area contributed by atoms with Crippen molar-refractivity contribution in [3.63, 3.8) is 0 Å². The van der Waals surface area contributed by atoms with Crippen molar-refractivity contribution < 1.29 is 36.6 Å². The van der Waals surface area contributed by atoms with Gasteiger partial charge in [0, 0.05) is 17.2 Å². The number of alkyl halides is 2. The van der Waals surface area contributed by atoms with E-state index in [1.807, 2.05) is 0 Å². The molecule has 5 nitrogen and oxygen atoms in total. The number of carbonyl (C=O) groups excluding carboxylic acids is 1. The zero-order valence-corrected chi connectivity index (χ0v) is 14.9. The number of aromatic nitrogens is 1. The number of rotatable bonds is 6. The highest BCUT2D eigenvalue weighted by atomic mass is 19.3. The standard InChI is InChI=1S/C19H17F4NO4/c1-2-26-18(25)16-8-14(12-5-3-10(20)7-15(12)21)13-6-4-11(9-27-19(22)23)28-17(13)24-16/h3,5,7-8,11,19H,2,4,6,9H2,1H3/t11-/m0/s1. The average molecular weight is 399 g/mol. The Bertz CT molecular complexity index is 875. The number of benzene rings is 1. The van der Waals surface area contributed by atoms with Crippen molar-refractivity contribution in [2.24, 2.45) is 0 Å². The van der Waals surface area contributed by atoms with E-state index in [2.05, 4.69) is 9.72 Å². The maximum atomic E-state index is 14.4. The normalized spacial score (nSPS) is 15.9. The molecule has 0 bridgehead atoms. The fourth-order valence-electron chi connectivity index (χ4n) is 2.96. The van der Waals surface area contributed by atoms with Gasteiger partial charge in [0.1, 0.15) is 17.7 Å². The first kappa shape index (κ1) is 20.1. The molecule has 2 aromatic rings. The quantitative estimate of drug-likeness (QED) is 0.540. The third-order valence-corrected chi connectivity index (χ3v) is 4.19. The predicted molar refractivity (Wildman–Crippen MR) is 90.2 cm³/mol. The second-order valence-electron chi connectivity index (χ2n) is 6.06. The summed E-state index contributed by atoms with van der Waals surface area (Å²) in [7, 11) is 0. The van der Waals surface area contributed by atoms with Gasteiger partial charge in [0.15, 0.2) is 5.69 Å². The molecule has 0 spiro atoms. The van der Waals surface area contributed by atoms with Gasteiger partial charge >= 0.3 is 12.6 Å². The highest BCUT2D eigenvalue weighted by molar-refractivity contribution is 5.90. The summed E-state index contributed by atoms with van der Waals surface area (Å²) in [6, 6.07) is 4.43. The van der Waals surface area contributed by atoms with Crippen LogP contribution in [-0.4, -0.2) is 36.9 Å². The monoisotopic (exact) mass is 399 g/mol. The van der Waals surface area contributed by atoms with Crippen LogP contribution >= 0.6 is 0 Å². The molecule has 3 rings (SSSR count). The van der Waals surface area contributed by atoms with Crippen LogP contribution in [0, 0.1) is 11.6 Å². The van der Waals surface area contributed by atoms with Crippen LogP contribution in [0.25, 0.3) is 11.1 Å². The molecule has 0 amide bonds. The number of hydrogen-bond acceptors (Lipinski definition) is 5. The van der Waals surface area contributed by atoms with Crippen molar-refractivity contribution in [1.82, 2.24) is 4.98 Å². The summed E-state index contributed by atoms with van der Waals surface area (Å²) >= 11 is 0. The lowest BCUT2D eigenvalue weighted by Crippen LogP contribution is -2.30. The third-order valence-electron chi connectivity index (χ3n) is 4.19. The summed E-state index contributed by atoms with van der Waals surface area (Å²) in [5.74, 6) is -2.29. The molecule has 0 fully saturated rings. The molecule has 1 aromatic carbocycles. The van der Waals surface area contributed by atoms with Gasteiger partial charge in [0.2, 0.25) is 5.88 Å². The van der Waals surface area contributed by atoms with E-state index < -0.39 is 30.3 Å². The van der Waals surface area contributed by atoms with Crippen molar-refractivity contribution in [2.75, 3.05) is 13.2 Å². The number of fused-ring (bicyclic) bond motifs is 1. The SMILES string of the molecule is CCOC(=O)c1cc(-c2ccc(F)cc2F)c2c(n1)O[C@H](COC(F)F)CC2. The molecule has 28 heavy (non-hydrogen) atoms. The van der Waals surface area contributed by atoms with E-state index in [0.717, 1.165) is 12.1 Å². The van der Waals surface area contributed by atoms with E-state index in [-0.39, 0.29) is 30.4 Å². The third kappa shape index (κ3) is 4.41. The Morgan fingerprint density at radius 1 is 1.29 bits per heavy atom. The van der Waals surface area contributed by atoms with Gasteiger partial charge in [-0.3, -0.25) is 0 Å². The lowest BCUT2D eigenvalue weighted by molar-refractivity contribution is -0.146. The summed E-state index contributed by atoms with van der Waals surface area (Å²) in [6.45, 7) is -1.58. The molecule has 0 saturated carbocycles. The number of ether oxygens (including phenoxy) is 3. The van der Waals surface area contributed by atoms with Crippen molar-refractivity contribution in [2.45, 2.75) is 32.5 Å². The van der Waals surface area contributed by atoms with Crippen molar-refractivity contribution >= 4 is 5.97 Å². The largest absolute Gasteiger partial charge is 0.472 e. The first-order valence-electron chi connectivity index (χ1n) is 8.62. The Morgan fingerprint density at radius 2 is 2.07 bits per heavy atom. The van der Waals surface area contributed by atoms with Gasteiger partial charge in [0.05, 0.1) is 13.2 Å². The number of carbonyl (C=O) groups is 1. The number of pyridine rings is 1. The zero-order chi connectivity index (χ0) is 20.3. The van der Waals surface area contributed by atoms with Crippen LogP contribution in [0.2, 0.25) is 0 Å². The van der Waals surface area contributed by atoms with E-state index in [1.54, 1.807) is 6.92 Å². The minimum atomic E-state index is -2.94. The van der Waals surface area contributed by atoms with Crippen molar-refractivity contribution in [1.29, 1.82) is 0 Å². The van der Waals surface area contributed by atoms with Crippen LogP contribution in [0.15, 0.2) is 24.3 Å². The van der Waals surface area contributed by atoms with Crippen LogP contribution in [-0.2, 0) is 15.9 Å². The van der Waals surface area contributed by atoms with E-state index in [0.29, 0.717) is 24.0 Å². The van der Waals surface area contributed by atoms with Crippen molar-refractivity contribution in [3.8, 4) is 17.0 Å². The van der Waals surface area contributed by atoms with Gasteiger partial charge in [-0.15, -0.1) is 0 Å². The lowest BCUT2D eigenvalue weighted by atomic mass is 9.94. The van der Waals surface area contributed by atoms with Crippen LogP contribution in [0.3, 0.4) is 0 Å². The highest BCUT2D eigenvalue weighted by Crippen LogP contribution is 2.37. The molecule has 1 aromatic heterocycles. The molecule has 1 aliphatic rings. The predicted octanol–water partition coefficient (Wildman–Crippen LogP) is 4.14. The zero-order valence-electron chi connectivity index (χ0n) is 14.9. The molecule has 0 radical (unpaired) electrons. The molecule has 0 unspecified atom stereocenters. The average Bonchev–Trinajstić information content (AvgIpc) is 2.65. The van der Waals surface area contributed by atoms with Crippen LogP contribution < -0.4 is 4.74 Å². The highest BCUT2D eigenvalue weighted by Gasteiger charge is 2.28. The molecule has 0 saturated heterocycles. The fourth-order valence-corrected chi connectivity index (χ4v) is 2.96. The Kier molecular flexibility index (Phi) is 6.13. The molecular formula is C19H17F4NO4. The summed E-state index contributed by atoms with van der Waals surface area (Å²) in [6.07, 6.45) is -0.0393. The molecular weight excluding hydrogens is 382 g/mol. The van der Waals surface area contributed by atoms with Gasteiger partial charge in [-0.2, -0.15) is 8.78 Å². The Hall–Kier alpha value is -2.68. The number of halogens is 4. The maximum Gasteiger partial charge on any atom is 0.357 e. The van der Waals surface area contributed by atoms with Crippen LogP contribution in [0.5, 0.6) is 5.88 Å². The Balaban J connectivity index is 2.03. The van der Waals surface area contributed by atoms with Gasteiger partial charge < -0.3 is 14.2 Å². The topological polar surface area (TPSA) is 57.7 Å². The summed E-state index contributed by atoms with van der Waals surface area (Å²) < 4.78 is 67.0. The van der Waals surface area contributed by atoms with Crippen LogP contribution in [0.1, 0.15) is 29.4 Å². The molecule has 1 atom stereocenters. The minimum Gasteiger partial charge on any atom is -0.472 e. The fraction of sp³-hybridized carbons (Fsp3) is 0.368.